The second kappa shape index (κ2) is 7.62. The number of benzene rings is 1. The number of likely N-dealkylation sites (tertiary alicyclic amines) is 1. The molecular formula is C19H25N3O2. The van der Waals surface area contributed by atoms with E-state index in [0.717, 1.165) is 31.5 Å². The third kappa shape index (κ3) is 4.03. The molecule has 2 unspecified atom stereocenters. The van der Waals surface area contributed by atoms with Gasteiger partial charge in [0.15, 0.2) is 5.82 Å². The quantitative estimate of drug-likeness (QED) is 0.928. The molecule has 0 saturated carbocycles. The van der Waals surface area contributed by atoms with Gasteiger partial charge in [0.2, 0.25) is 5.91 Å². The molecule has 1 aromatic carbocycles. The minimum Gasteiger partial charge on any atom is -0.360 e. The third-order valence-corrected chi connectivity index (χ3v) is 4.66. The lowest BCUT2D eigenvalue weighted by molar-refractivity contribution is -0.121. The van der Waals surface area contributed by atoms with Crippen LogP contribution < -0.4 is 5.32 Å². The smallest absolute Gasteiger partial charge is 0.247 e. The van der Waals surface area contributed by atoms with Crippen LogP contribution in [0.1, 0.15) is 43.6 Å². The highest BCUT2D eigenvalue weighted by Crippen LogP contribution is 2.27. The van der Waals surface area contributed by atoms with Crippen molar-refractivity contribution < 1.29 is 9.32 Å². The number of nitrogens with one attached hydrogen (secondary N) is 1. The molecule has 0 aliphatic carbocycles. The number of nitrogens with zero attached hydrogens (tertiary/aromatic N) is 2. The Morgan fingerprint density at radius 3 is 2.79 bits per heavy atom. The van der Waals surface area contributed by atoms with Gasteiger partial charge in [0.1, 0.15) is 11.8 Å². The van der Waals surface area contributed by atoms with E-state index < -0.39 is 0 Å². The predicted molar refractivity (Wildman–Crippen MR) is 93.6 cm³/mol. The molecule has 0 spiro atoms. The second-order valence-corrected chi connectivity index (χ2v) is 6.70. The van der Waals surface area contributed by atoms with Gasteiger partial charge in [0, 0.05) is 6.07 Å². The Labute approximate surface area is 143 Å². The van der Waals surface area contributed by atoms with E-state index in [2.05, 4.69) is 22.3 Å². The van der Waals surface area contributed by atoms with Crippen molar-refractivity contribution in [2.75, 3.05) is 18.4 Å². The summed E-state index contributed by atoms with van der Waals surface area (Å²) < 4.78 is 5.05. The maximum absolute atomic E-state index is 13.0. The first-order chi connectivity index (χ1) is 11.6. The summed E-state index contributed by atoms with van der Waals surface area (Å²) in [6, 6.07) is 11.4. The van der Waals surface area contributed by atoms with Crippen LogP contribution in [0.15, 0.2) is 40.9 Å². The summed E-state index contributed by atoms with van der Waals surface area (Å²) in [7, 11) is 0. The van der Waals surface area contributed by atoms with Crippen molar-refractivity contribution >= 4 is 11.7 Å². The number of aryl methyl sites for hydroxylation is 1. The van der Waals surface area contributed by atoms with Crippen molar-refractivity contribution in [2.45, 2.75) is 39.2 Å². The Bertz CT molecular complexity index is 668. The van der Waals surface area contributed by atoms with Crippen molar-refractivity contribution in [3.05, 3.63) is 47.7 Å². The number of amides is 1. The molecular weight excluding hydrogens is 302 g/mol. The summed E-state index contributed by atoms with van der Waals surface area (Å²) in [5.74, 6) is 1.82. The fourth-order valence-electron chi connectivity index (χ4n) is 3.33. The van der Waals surface area contributed by atoms with Gasteiger partial charge in [-0.3, -0.25) is 9.69 Å². The number of hydrogen-bond acceptors (Lipinski definition) is 4. The van der Waals surface area contributed by atoms with E-state index in [1.165, 1.54) is 6.42 Å². The zero-order valence-electron chi connectivity index (χ0n) is 14.4. The molecule has 1 N–H and O–H groups in total. The van der Waals surface area contributed by atoms with E-state index in [1.807, 2.05) is 37.3 Å². The number of rotatable bonds is 4. The van der Waals surface area contributed by atoms with Crippen LogP contribution in [-0.4, -0.2) is 29.1 Å². The molecule has 24 heavy (non-hydrogen) atoms. The monoisotopic (exact) mass is 327 g/mol. The van der Waals surface area contributed by atoms with Gasteiger partial charge in [0.25, 0.3) is 0 Å². The van der Waals surface area contributed by atoms with Crippen molar-refractivity contribution in [2.24, 2.45) is 5.92 Å². The number of carbonyl (C=O) groups excluding carboxylic acids is 1. The van der Waals surface area contributed by atoms with E-state index in [9.17, 15) is 4.79 Å². The van der Waals surface area contributed by atoms with Crippen LogP contribution in [0, 0.1) is 12.8 Å². The van der Waals surface area contributed by atoms with Gasteiger partial charge >= 0.3 is 0 Å². The summed E-state index contributed by atoms with van der Waals surface area (Å²) >= 11 is 0. The van der Waals surface area contributed by atoms with E-state index in [0.29, 0.717) is 17.5 Å². The highest BCUT2D eigenvalue weighted by Gasteiger charge is 2.29. The molecule has 1 aromatic heterocycles. The maximum Gasteiger partial charge on any atom is 0.247 e. The molecule has 128 valence electrons. The van der Waals surface area contributed by atoms with Crippen LogP contribution >= 0.6 is 0 Å². The molecule has 0 radical (unpaired) electrons. The Morgan fingerprint density at radius 1 is 1.29 bits per heavy atom. The summed E-state index contributed by atoms with van der Waals surface area (Å²) in [5, 5.41) is 6.79. The molecule has 3 rings (SSSR count). The fraction of sp³-hybridized carbons (Fsp3) is 0.474. The molecule has 1 aliphatic heterocycles. The number of hydrogen-bond donors (Lipinski definition) is 1. The van der Waals surface area contributed by atoms with Crippen LogP contribution in [0.25, 0.3) is 0 Å². The van der Waals surface area contributed by atoms with Gasteiger partial charge in [-0.1, -0.05) is 42.4 Å². The van der Waals surface area contributed by atoms with Gasteiger partial charge in [-0.05, 0) is 50.8 Å². The maximum atomic E-state index is 13.0. The summed E-state index contributed by atoms with van der Waals surface area (Å²) in [5.41, 5.74) is 1.02. The fourth-order valence-corrected chi connectivity index (χ4v) is 3.33. The first kappa shape index (κ1) is 16.7. The first-order valence-corrected chi connectivity index (χ1v) is 8.66. The van der Waals surface area contributed by atoms with E-state index >= 15 is 0 Å². The van der Waals surface area contributed by atoms with Crippen molar-refractivity contribution in [3.63, 3.8) is 0 Å². The largest absolute Gasteiger partial charge is 0.360 e. The molecule has 5 nitrogen and oxygen atoms in total. The van der Waals surface area contributed by atoms with Crippen LogP contribution in [0.4, 0.5) is 5.82 Å². The van der Waals surface area contributed by atoms with Gasteiger partial charge in [-0.2, -0.15) is 0 Å². The average Bonchev–Trinajstić information content (AvgIpc) is 2.86. The van der Waals surface area contributed by atoms with Gasteiger partial charge in [-0.15, -0.1) is 0 Å². The van der Waals surface area contributed by atoms with Gasteiger partial charge in [-0.25, -0.2) is 0 Å². The van der Waals surface area contributed by atoms with Crippen LogP contribution in [-0.2, 0) is 4.79 Å². The van der Waals surface area contributed by atoms with E-state index in [4.69, 9.17) is 4.52 Å². The Balaban J connectivity index is 1.82. The van der Waals surface area contributed by atoms with E-state index in [1.54, 1.807) is 6.07 Å². The second-order valence-electron chi connectivity index (χ2n) is 6.70. The zero-order valence-corrected chi connectivity index (χ0v) is 14.4. The summed E-state index contributed by atoms with van der Waals surface area (Å²) in [6.45, 7) is 5.98. The topological polar surface area (TPSA) is 58.4 Å². The standard InChI is InChI=1S/C19H25N3O2/c1-14-7-6-11-22(12-10-14)18(16-8-4-3-5-9-16)19(23)20-17-13-15(2)24-21-17/h3-5,8-9,13-14,18H,6-7,10-12H2,1-2H3,(H,20,21,23). The first-order valence-electron chi connectivity index (χ1n) is 8.66. The van der Waals surface area contributed by atoms with Crippen molar-refractivity contribution in [1.29, 1.82) is 0 Å². The van der Waals surface area contributed by atoms with Crippen LogP contribution in [0.3, 0.4) is 0 Å². The zero-order chi connectivity index (χ0) is 16.9. The minimum absolute atomic E-state index is 0.0518. The lowest BCUT2D eigenvalue weighted by Crippen LogP contribution is -2.38. The van der Waals surface area contributed by atoms with Crippen molar-refractivity contribution in [1.82, 2.24) is 10.1 Å². The van der Waals surface area contributed by atoms with E-state index in [-0.39, 0.29) is 11.9 Å². The molecule has 1 saturated heterocycles. The van der Waals surface area contributed by atoms with Crippen LogP contribution in [0.2, 0.25) is 0 Å². The lowest BCUT2D eigenvalue weighted by Gasteiger charge is -2.29. The molecule has 1 amide bonds. The molecule has 2 heterocycles. The molecule has 0 bridgehead atoms. The highest BCUT2D eigenvalue weighted by molar-refractivity contribution is 5.94. The molecule has 2 atom stereocenters. The molecule has 2 aromatic rings. The summed E-state index contributed by atoms with van der Waals surface area (Å²) in [6.07, 6.45) is 3.47. The predicted octanol–water partition coefficient (Wildman–Crippen LogP) is 3.78. The van der Waals surface area contributed by atoms with Gasteiger partial charge < -0.3 is 9.84 Å². The molecule has 1 aliphatic rings. The minimum atomic E-state index is -0.298. The Morgan fingerprint density at radius 2 is 2.08 bits per heavy atom. The Hall–Kier alpha value is -2.14. The number of carbonyl (C=O) groups is 1. The average molecular weight is 327 g/mol. The van der Waals surface area contributed by atoms with Crippen LogP contribution in [0.5, 0.6) is 0 Å². The highest BCUT2D eigenvalue weighted by atomic mass is 16.5. The SMILES string of the molecule is Cc1cc(NC(=O)C(c2ccccc2)N2CCCC(C)CC2)no1. The number of aromatic nitrogens is 1. The Kier molecular flexibility index (Phi) is 5.30. The normalized spacial score (nSPS) is 20.3. The molecule has 5 heteroatoms. The van der Waals surface area contributed by atoms with Gasteiger partial charge in [0.05, 0.1) is 0 Å². The summed E-state index contributed by atoms with van der Waals surface area (Å²) in [4.78, 5) is 15.3. The lowest BCUT2D eigenvalue weighted by atomic mass is 10.0. The third-order valence-electron chi connectivity index (χ3n) is 4.66. The molecule has 1 fully saturated rings. The van der Waals surface area contributed by atoms with Crippen molar-refractivity contribution in [3.8, 4) is 0 Å². The number of anilines is 1.